The van der Waals surface area contributed by atoms with Crippen molar-refractivity contribution in [2.45, 2.75) is 72.6 Å². The van der Waals surface area contributed by atoms with Gasteiger partial charge >= 0.3 is 0 Å². The number of nitrogens with zero attached hydrogens (tertiary/aromatic N) is 1. The summed E-state index contributed by atoms with van der Waals surface area (Å²) in [6.45, 7) is 12.9. The van der Waals surface area contributed by atoms with Gasteiger partial charge in [0.15, 0.2) is 0 Å². The van der Waals surface area contributed by atoms with Crippen molar-refractivity contribution in [3.05, 3.63) is 11.2 Å². The molecule has 0 spiro atoms. The smallest absolute Gasteiger partial charge is 0.120 e. The molecule has 0 aliphatic carbocycles. The summed E-state index contributed by atoms with van der Waals surface area (Å²) in [5.74, 6) is 0. The Bertz CT molecular complexity index is 201. The number of quaternary nitrogens is 1. The summed E-state index contributed by atoms with van der Waals surface area (Å²) in [6.07, 6.45) is 8.83. The van der Waals surface area contributed by atoms with E-state index >= 15 is 0 Å². The Kier molecular flexibility index (Phi) is 10.9. The molecular formula is C16H33ClN+. The van der Waals surface area contributed by atoms with Crippen molar-refractivity contribution in [1.82, 2.24) is 0 Å². The van der Waals surface area contributed by atoms with Crippen molar-refractivity contribution in [2.75, 3.05) is 19.6 Å². The first kappa shape index (κ1) is 18.0. The van der Waals surface area contributed by atoms with Crippen molar-refractivity contribution < 1.29 is 4.48 Å². The van der Waals surface area contributed by atoms with Crippen LogP contribution in [0.5, 0.6) is 0 Å². The highest BCUT2D eigenvalue weighted by atomic mass is 35.5. The highest BCUT2D eigenvalue weighted by Gasteiger charge is 2.29. The number of rotatable bonds is 11. The molecule has 0 saturated heterocycles. The van der Waals surface area contributed by atoms with Crippen LogP contribution in [-0.4, -0.2) is 24.1 Å². The molecule has 0 aromatic heterocycles. The largest absolute Gasteiger partial charge is 0.294 e. The van der Waals surface area contributed by atoms with E-state index in [1.165, 1.54) is 63.9 Å². The average molecular weight is 275 g/mol. The molecule has 0 amide bonds. The Balaban J connectivity index is 4.96. The van der Waals surface area contributed by atoms with Crippen molar-refractivity contribution >= 4 is 11.6 Å². The maximum atomic E-state index is 6.11. The zero-order chi connectivity index (χ0) is 13.9. The Morgan fingerprint density at radius 1 is 0.833 bits per heavy atom. The van der Waals surface area contributed by atoms with Gasteiger partial charge in [-0.1, -0.05) is 58.6 Å². The fourth-order valence-electron chi connectivity index (χ4n) is 2.66. The highest BCUT2D eigenvalue weighted by Crippen LogP contribution is 2.25. The summed E-state index contributed by atoms with van der Waals surface area (Å²) in [5.41, 5.74) is 3.30. The number of halogens is 1. The topological polar surface area (TPSA) is 0 Å². The first-order chi connectivity index (χ1) is 8.70. The van der Waals surface area contributed by atoms with Crippen molar-refractivity contribution in [3.8, 4) is 0 Å². The lowest BCUT2D eigenvalue weighted by Gasteiger charge is -2.40. The summed E-state index contributed by atoms with van der Waals surface area (Å²) in [4.78, 5) is 0. The van der Waals surface area contributed by atoms with Crippen LogP contribution < -0.4 is 0 Å². The Labute approximate surface area is 120 Å². The van der Waals surface area contributed by atoms with Gasteiger partial charge in [-0.15, -0.1) is 0 Å². The van der Waals surface area contributed by atoms with Crippen LogP contribution in [0.2, 0.25) is 0 Å². The Hall–Kier alpha value is -0.0100. The van der Waals surface area contributed by atoms with Crippen molar-refractivity contribution in [2.24, 2.45) is 0 Å². The van der Waals surface area contributed by atoms with E-state index in [4.69, 9.17) is 11.6 Å². The molecule has 2 heteroatoms. The van der Waals surface area contributed by atoms with E-state index in [-0.39, 0.29) is 0 Å². The molecule has 0 aliphatic rings. The van der Waals surface area contributed by atoms with Crippen LogP contribution in [0.15, 0.2) is 11.2 Å². The second-order valence-electron chi connectivity index (χ2n) is 5.33. The Morgan fingerprint density at radius 2 is 1.22 bits per heavy atom. The third kappa shape index (κ3) is 5.75. The van der Waals surface area contributed by atoms with E-state index in [2.05, 4.69) is 27.7 Å². The quantitative estimate of drug-likeness (QED) is 0.424. The average Bonchev–Trinajstić information content (AvgIpc) is 2.41. The third-order valence-electron chi connectivity index (χ3n) is 3.92. The minimum Gasteiger partial charge on any atom is -0.294 e. The molecular weight excluding hydrogens is 242 g/mol. The summed E-state index contributed by atoms with van der Waals surface area (Å²) in [5, 5.41) is 0. The molecule has 18 heavy (non-hydrogen) atoms. The summed E-state index contributed by atoms with van der Waals surface area (Å²) < 4.78 is 1.15. The van der Waals surface area contributed by atoms with Crippen molar-refractivity contribution in [1.29, 1.82) is 0 Å². The number of allylic oxidation sites excluding steroid dienone is 1. The van der Waals surface area contributed by atoms with E-state index < -0.39 is 0 Å². The van der Waals surface area contributed by atoms with E-state index in [0.29, 0.717) is 0 Å². The van der Waals surface area contributed by atoms with Gasteiger partial charge in [0.05, 0.1) is 25.2 Å². The molecule has 0 N–H and O–H groups in total. The van der Waals surface area contributed by atoms with Gasteiger partial charge in [0, 0.05) is 6.42 Å². The summed E-state index contributed by atoms with van der Waals surface area (Å²) >= 11 is 6.11. The maximum absolute atomic E-state index is 6.11. The lowest BCUT2D eigenvalue weighted by atomic mass is 10.1. The molecule has 0 fully saturated rings. The molecule has 0 atom stereocenters. The third-order valence-corrected chi connectivity index (χ3v) is 4.17. The minimum absolute atomic E-state index is 1.08. The lowest BCUT2D eigenvalue weighted by molar-refractivity contribution is -0.894. The van der Waals surface area contributed by atoms with Crippen LogP contribution in [-0.2, 0) is 0 Å². The van der Waals surface area contributed by atoms with Gasteiger partial charge in [0.2, 0.25) is 0 Å². The van der Waals surface area contributed by atoms with Gasteiger partial charge in [-0.3, -0.25) is 4.48 Å². The fourth-order valence-corrected chi connectivity index (χ4v) is 3.03. The van der Waals surface area contributed by atoms with Crippen LogP contribution >= 0.6 is 11.6 Å². The molecule has 0 radical (unpaired) electrons. The highest BCUT2D eigenvalue weighted by molar-refractivity contribution is 6.25. The molecule has 1 nitrogen and oxygen atoms in total. The predicted octanol–water partition coefficient (Wildman–Crippen LogP) is 5.69. The lowest BCUT2D eigenvalue weighted by Crippen LogP contribution is -2.49. The predicted molar refractivity (Wildman–Crippen MR) is 83.8 cm³/mol. The molecule has 0 aromatic rings. The number of hydrogen-bond acceptors (Lipinski definition) is 0. The first-order valence-electron chi connectivity index (χ1n) is 7.86. The summed E-state index contributed by atoms with van der Waals surface area (Å²) in [7, 11) is 0. The molecule has 0 saturated carbocycles. The van der Waals surface area contributed by atoms with E-state index in [9.17, 15) is 0 Å². The first-order valence-corrected chi connectivity index (χ1v) is 8.30. The van der Waals surface area contributed by atoms with Gasteiger partial charge in [-0.05, 0) is 19.3 Å². The van der Waals surface area contributed by atoms with Crippen LogP contribution in [0.3, 0.4) is 0 Å². The number of hydrogen-bond donors (Lipinski definition) is 0. The second-order valence-corrected chi connectivity index (χ2v) is 5.55. The van der Waals surface area contributed by atoms with Crippen LogP contribution in [0.1, 0.15) is 72.6 Å². The van der Waals surface area contributed by atoms with Gasteiger partial charge in [-0.25, -0.2) is 0 Å². The van der Waals surface area contributed by atoms with E-state index in [1.807, 2.05) is 5.54 Å². The summed E-state index contributed by atoms with van der Waals surface area (Å²) in [6, 6.07) is 0. The van der Waals surface area contributed by atoms with Crippen LogP contribution in [0.4, 0.5) is 0 Å². The normalized spacial score (nSPS) is 13.1. The molecule has 0 unspecified atom stereocenters. The van der Waals surface area contributed by atoms with E-state index in [1.54, 1.807) is 0 Å². The van der Waals surface area contributed by atoms with Gasteiger partial charge in [0.1, 0.15) is 5.70 Å². The Morgan fingerprint density at radius 3 is 1.44 bits per heavy atom. The molecule has 0 aromatic carbocycles. The fraction of sp³-hybridized carbons (Fsp3) is 0.875. The second kappa shape index (κ2) is 10.9. The molecule has 108 valence electrons. The van der Waals surface area contributed by atoms with E-state index in [0.717, 1.165) is 10.9 Å². The zero-order valence-electron chi connectivity index (χ0n) is 13.0. The van der Waals surface area contributed by atoms with Crippen LogP contribution in [0, 0.1) is 0 Å². The number of unbranched alkanes of at least 4 members (excludes halogenated alkanes) is 3. The SMILES string of the molecule is CCCC[N+](CCCC)(CCCC)C(=CCl)CC. The molecule has 0 aliphatic heterocycles. The molecule has 0 rings (SSSR count). The van der Waals surface area contributed by atoms with Crippen LogP contribution in [0.25, 0.3) is 0 Å². The van der Waals surface area contributed by atoms with Gasteiger partial charge in [0.25, 0.3) is 0 Å². The maximum Gasteiger partial charge on any atom is 0.120 e. The van der Waals surface area contributed by atoms with Gasteiger partial charge < -0.3 is 0 Å². The standard InChI is InChI=1S/C16H33ClN/c1-5-9-12-18(13-10-6-2,14-11-7-3)16(8-4)15-17/h15H,5-14H2,1-4H3/q+1. The molecule has 0 bridgehead atoms. The zero-order valence-corrected chi connectivity index (χ0v) is 13.7. The van der Waals surface area contributed by atoms with Crippen molar-refractivity contribution in [3.63, 3.8) is 0 Å². The minimum atomic E-state index is 1.08. The van der Waals surface area contributed by atoms with Gasteiger partial charge in [-0.2, -0.15) is 0 Å². The molecule has 0 heterocycles. The monoisotopic (exact) mass is 274 g/mol.